The number of nitrogens with zero attached hydrogens (tertiary/aromatic N) is 1. The highest BCUT2D eigenvalue weighted by Crippen LogP contribution is 2.14. The summed E-state index contributed by atoms with van der Waals surface area (Å²) in [6.07, 6.45) is 99.5. The van der Waals surface area contributed by atoms with Crippen molar-refractivity contribution in [3.8, 4) is 0 Å². The molecule has 0 aromatic heterocycles. The Morgan fingerprint density at radius 1 is 0.345 bits per heavy atom. The van der Waals surface area contributed by atoms with Crippen LogP contribution in [0.15, 0.2) is 194 Å². The molecule has 0 aliphatic carbocycles. The number of unbranched alkanes of at least 4 members (excludes halogenated alkanes) is 12. The second kappa shape index (κ2) is 66.1. The number of likely N-dealkylation sites (N-methyl/N-ethyl adjacent to an activating group) is 1. The lowest BCUT2D eigenvalue weighted by molar-refractivity contribution is -0.870. The van der Waals surface area contributed by atoms with Crippen molar-refractivity contribution < 1.29 is 42.9 Å². The number of esters is 2. The Morgan fingerprint density at radius 3 is 0.920 bits per heavy atom. The number of ether oxygens (including phenoxy) is 4. The van der Waals surface area contributed by atoms with Crippen LogP contribution in [-0.4, -0.2) is 87.4 Å². The zero-order valence-corrected chi connectivity index (χ0v) is 55.3. The van der Waals surface area contributed by atoms with Crippen molar-refractivity contribution in [2.75, 3.05) is 47.5 Å². The second-order valence-corrected chi connectivity index (χ2v) is 22.7. The first kappa shape index (κ1) is 81.1. The predicted molar refractivity (Wildman–Crippen MR) is 372 cm³/mol. The zero-order valence-electron chi connectivity index (χ0n) is 55.3. The van der Waals surface area contributed by atoms with E-state index in [1.807, 2.05) is 21.1 Å². The maximum absolute atomic E-state index is 12.9. The Labute approximate surface area is 532 Å². The number of rotatable bonds is 59. The predicted octanol–water partition coefficient (Wildman–Crippen LogP) is 21.0. The summed E-state index contributed by atoms with van der Waals surface area (Å²) in [5.74, 6) is -2.07. The van der Waals surface area contributed by atoms with E-state index in [1.165, 1.54) is 19.3 Å². The van der Waals surface area contributed by atoms with Crippen molar-refractivity contribution in [3.05, 3.63) is 194 Å². The SMILES string of the molecule is CC/C=C\C/C=C\C/C=C\C/C=C\C/C=C\C/C=C\C/C=C\C/C=C\C/C=C\C/C=C\C/C=C\CCCCCCCC(=O)OC(COC(=O)CCCCCCCCC/C=C\C/C=C\C/C=C\C/C=C\C/C=C\CC)COC(OCC[N+](C)(C)C)C(=O)O. The summed E-state index contributed by atoms with van der Waals surface area (Å²) in [5, 5.41) is 9.73. The fourth-order valence-electron chi connectivity index (χ4n) is 8.28. The lowest BCUT2D eigenvalue weighted by Gasteiger charge is -2.25. The van der Waals surface area contributed by atoms with E-state index < -0.39 is 24.3 Å². The first-order valence-electron chi connectivity index (χ1n) is 33.6. The molecule has 0 heterocycles. The average Bonchev–Trinajstić information content (AvgIpc) is 3.55. The number of quaternary nitrogens is 1. The van der Waals surface area contributed by atoms with Gasteiger partial charge in [-0.25, -0.2) is 4.79 Å². The molecule has 0 amide bonds. The topological polar surface area (TPSA) is 108 Å². The molecule has 0 spiro atoms. The quantitative estimate of drug-likeness (QED) is 0.0211. The van der Waals surface area contributed by atoms with E-state index in [0.29, 0.717) is 17.4 Å². The van der Waals surface area contributed by atoms with Gasteiger partial charge in [0.05, 0.1) is 34.4 Å². The number of carbonyl (C=O) groups is 3. The number of carboxylic acids is 1. The fraction of sp³-hybridized carbons (Fsp3) is 0.551. The Bertz CT molecular complexity index is 2130. The standard InChI is InChI=1S/C78H121NO8/c1-6-8-10-12-14-16-18-20-22-24-26-28-30-31-32-33-34-35-36-37-38-39-40-41-42-43-44-45-47-49-51-53-55-57-59-61-63-65-67-69-76(81)87-74(73-86-78(77(82)83)84-71-70-79(3,4)5)72-85-75(80)68-66-64-62-60-58-56-54-52-50-48-46-29-27-25-23-21-19-17-15-13-11-9-7-2/h8-11,14-17,20-23,26-29,31-32,34-35,37-38,40-41,43-44,47-50,53,55,74,78H,6-7,12-13,18-19,24-25,30,33,36,39,42,45-46,51-52,54,56-73H2,1-5H3/p+1/b10-8-,11-9-,16-14-,17-15-,22-20-,23-21-,28-26-,29-27-,32-31-,35-34-,38-37-,41-40-,44-43-,49-47-,50-48-,55-53-. The van der Waals surface area contributed by atoms with Gasteiger partial charge < -0.3 is 28.5 Å². The summed E-state index contributed by atoms with van der Waals surface area (Å²) in [4.78, 5) is 37.6. The van der Waals surface area contributed by atoms with Crippen LogP contribution in [0.3, 0.4) is 0 Å². The normalized spacial score (nSPS) is 14.0. The number of allylic oxidation sites excluding steroid dienone is 32. The van der Waals surface area contributed by atoms with Gasteiger partial charge in [0.25, 0.3) is 6.29 Å². The molecule has 0 radical (unpaired) electrons. The van der Waals surface area contributed by atoms with Gasteiger partial charge in [0.15, 0.2) is 6.10 Å². The molecule has 9 heteroatoms. The fourth-order valence-corrected chi connectivity index (χ4v) is 8.28. The van der Waals surface area contributed by atoms with Crippen molar-refractivity contribution in [2.45, 2.75) is 232 Å². The first-order valence-corrected chi connectivity index (χ1v) is 33.6. The summed E-state index contributed by atoms with van der Waals surface area (Å²) < 4.78 is 22.9. The number of hydrogen-bond acceptors (Lipinski definition) is 7. The van der Waals surface area contributed by atoms with E-state index in [1.54, 1.807) is 0 Å². The molecule has 9 nitrogen and oxygen atoms in total. The molecule has 0 bridgehead atoms. The van der Waals surface area contributed by atoms with Crippen LogP contribution in [0, 0.1) is 0 Å². The van der Waals surface area contributed by atoms with Crippen LogP contribution < -0.4 is 0 Å². The van der Waals surface area contributed by atoms with Gasteiger partial charge >= 0.3 is 17.9 Å². The van der Waals surface area contributed by atoms with Crippen LogP contribution in [0.5, 0.6) is 0 Å². The average molecular weight is 1200 g/mol. The smallest absolute Gasteiger partial charge is 0.361 e. The summed E-state index contributed by atoms with van der Waals surface area (Å²) in [7, 11) is 5.95. The Kier molecular flexibility index (Phi) is 61.6. The van der Waals surface area contributed by atoms with Gasteiger partial charge in [-0.05, 0) is 141 Å². The largest absolute Gasteiger partial charge is 0.477 e. The van der Waals surface area contributed by atoms with E-state index in [4.69, 9.17) is 18.9 Å². The van der Waals surface area contributed by atoms with E-state index in [9.17, 15) is 19.5 Å². The lowest BCUT2D eigenvalue weighted by atomic mass is 10.1. The maximum atomic E-state index is 12.9. The van der Waals surface area contributed by atoms with Crippen molar-refractivity contribution in [1.82, 2.24) is 0 Å². The molecule has 486 valence electrons. The molecule has 0 fully saturated rings. The summed E-state index contributed by atoms with van der Waals surface area (Å²) in [6, 6.07) is 0. The highest BCUT2D eigenvalue weighted by atomic mass is 16.7. The molecule has 0 aromatic carbocycles. The van der Waals surface area contributed by atoms with Crippen molar-refractivity contribution in [1.29, 1.82) is 0 Å². The summed E-state index contributed by atoms with van der Waals surface area (Å²) in [6.45, 7) is 4.58. The molecular weight excluding hydrogens is 1080 g/mol. The monoisotopic (exact) mass is 1200 g/mol. The van der Waals surface area contributed by atoms with Gasteiger partial charge in [0.1, 0.15) is 13.2 Å². The van der Waals surface area contributed by atoms with E-state index in [-0.39, 0.29) is 38.6 Å². The minimum Gasteiger partial charge on any atom is -0.477 e. The molecule has 2 atom stereocenters. The highest BCUT2D eigenvalue weighted by molar-refractivity contribution is 5.71. The lowest BCUT2D eigenvalue weighted by Crippen LogP contribution is -2.40. The van der Waals surface area contributed by atoms with Crippen LogP contribution in [0.4, 0.5) is 0 Å². The van der Waals surface area contributed by atoms with Gasteiger partial charge in [-0.15, -0.1) is 0 Å². The van der Waals surface area contributed by atoms with E-state index in [2.05, 4.69) is 208 Å². The molecular formula is C78H122NO8+. The number of aliphatic carboxylic acids is 1. The van der Waals surface area contributed by atoms with Crippen molar-refractivity contribution >= 4 is 17.9 Å². The highest BCUT2D eigenvalue weighted by Gasteiger charge is 2.25. The number of carboxylic acid groups (broad SMARTS) is 1. The van der Waals surface area contributed by atoms with Crippen molar-refractivity contribution in [2.24, 2.45) is 0 Å². The Morgan fingerprint density at radius 2 is 0.621 bits per heavy atom. The number of carbonyl (C=O) groups excluding carboxylic acids is 2. The van der Waals surface area contributed by atoms with Crippen LogP contribution in [0.2, 0.25) is 0 Å². The Hall–Kier alpha value is -5.87. The Balaban J connectivity index is 4.29. The molecule has 0 saturated heterocycles. The third-order valence-electron chi connectivity index (χ3n) is 13.3. The minimum atomic E-state index is -1.53. The molecule has 2 unspecified atom stereocenters. The molecule has 0 aromatic rings. The van der Waals surface area contributed by atoms with E-state index in [0.717, 1.165) is 167 Å². The zero-order chi connectivity index (χ0) is 63.3. The maximum Gasteiger partial charge on any atom is 0.361 e. The second-order valence-electron chi connectivity index (χ2n) is 22.7. The molecule has 87 heavy (non-hydrogen) atoms. The first-order chi connectivity index (χ1) is 42.6. The summed E-state index contributed by atoms with van der Waals surface area (Å²) in [5.41, 5.74) is 0. The third-order valence-corrected chi connectivity index (χ3v) is 13.3. The molecule has 0 aliphatic rings. The summed E-state index contributed by atoms with van der Waals surface area (Å²) >= 11 is 0. The van der Waals surface area contributed by atoms with Crippen LogP contribution in [-0.2, 0) is 33.3 Å². The van der Waals surface area contributed by atoms with Gasteiger partial charge in [0, 0.05) is 12.8 Å². The van der Waals surface area contributed by atoms with Gasteiger partial charge in [0.2, 0.25) is 0 Å². The molecule has 0 saturated carbocycles. The van der Waals surface area contributed by atoms with E-state index >= 15 is 0 Å². The van der Waals surface area contributed by atoms with Crippen LogP contribution in [0.1, 0.15) is 219 Å². The number of hydrogen-bond donors (Lipinski definition) is 1. The molecule has 0 aliphatic heterocycles. The van der Waals surface area contributed by atoms with Gasteiger partial charge in [-0.2, -0.15) is 0 Å². The molecule has 1 N–H and O–H groups in total. The molecule has 0 rings (SSSR count). The third kappa shape index (κ3) is 67.5. The van der Waals surface area contributed by atoms with Crippen molar-refractivity contribution in [3.63, 3.8) is 0 Å². The minimum absolute atomic E-state index is 0.170. The van der Waals surface area contributed by atoms with Gasteiger partial charge in [-0.3, -0.25) is 9.59 Å². The van der Waals surface area contributed by atoms with Gasteiger partial charge in [-0.1, -0.05) is 260 Å². The van der Waals surface area contributed by atoms with Crippen LogP contribution in [0.25, 0.3) is 0 Å². The van der Waals surface area contributed by atoms with Crippen LogP contribution >= 0.6 is 0 Å².